The molecule has 2 aliphatic rings. The first-order chi connectivity index (χ1) is 6.40. The molecular weight excluding hydrogens is 164 g/mol. The molecule has 2 aliphatic heterocycles. The molecule has 0 amide bonds. The quantitative estimate of drug-likeness (QED) is 0.676. The lowest BCUT2D eigenvalue weighted by Gasteiger charge is -2.46. The Balaban J connectivity index is 1.66. The van der Waals surface area contributed by atoms with E-state index in [-0.39, 0.29) is 0 Å². The van der Waals surface area contributed by atoms with E-state index in [1.165, 1.54) is 45.4 Å². The van der Waals surface area contributed by atoms with Gasteiger partial charge in [0.15, 0.2) is 0 Å². The van der Waals surface area contributed by atoms with Gasteiger partial charge in [-0.2, -0.15) is 0 Å². The van der Waals surface area contributed by atoms with E-state index >= 15 is 0 Å². The largest absolute Gasteiger partial charge is 0.395 e. The third-order valence-electron chi connectivity index (χ3n) is 3.26. The fourth-order valence-electron chi connectivity index (χ4n) is 2.38. The summed E-state index contributed by atoms with van der Waals surface area (Å²) in [7, 11) is 0. The Bertz CT molecular complexity index is 151. The van der Waals surface area contributed by atoms with E-state index in [1.54, 1.807) is 0 Å². The van der Waals surface area contributed by atoms with Gasteiger partial charge >= 0.3 is 0 Å². The SMILES string of the molecule is OCCN1CC(N2CCCCC2)C1. The van der Waals surface area contributed by atoms with E-state index < -0.39 is 0 Å². The number of hydrogen-bond acceptors (Lipinski definition) is 3. The second-order valence-electron chi connectivity index (χ2n) is 4.23. The monoisotopic (exact) mass is 184 g/mol. The summed E-state index contributed by atoms with van der Waals surface area (Å²) in [6.07, 6.45) is 4.19. The van der Waals surface area contributed by atoms with Crippen LogP contribution in [0.15, 0.2) is 0 Å². The summed E-state index contributed by atoms with van der Waals surface area (Å²) in [5, 5.41) is 8.74. The maximum absolute atomic E-state index is 8.74. The highest BCUT2D eigenvalue weighted by molar-refractivity contribution is 4.88. The number of aliphatic hydroxyl groups excluding tert-OH is 1. The van der Waals surface area contributed by atoms with Crippen LogP contribution in [0, 0.1) is 0 Å². The summed E-state index contributed by atoms with van der Waals surface area (Å²) in [5.41, 5.74) is 0. The lowest BCUT2D eigenvalue weighted by Crippen LogP contribution is -2.60. The Morgan fingerprint density at radius 3 is 2.38 bits per heavy atom. The Morgan fingerprint density at radius 2 is 1.77 bits per heavy atom. The average Bonchev–Trinajstić information content (AvgIpc) is 2.12. The van der Waals surface area contributed by atoms with E-state index in [4.69, 9.17) is 5.11 Å². The maximum Gasteiger partial charge on any atom is 0.0558 e. The van der Waals surface area contributed by atoms with Crippen LogP contribution in [-0.2, 0) is 0 Å². The molecule has 0 bridgehead atoms. The number of nitrogens with zero attached hydrogens (tertiary/aromatic N) is 2. The summed E-state index contributed by atoms with van der Waals surface area (Å²) < 4.78 is 0. The molecule has 2 rings (SSSR count). The van der Waals surface area contributed by atoms with Gasteiger partial charge in [-0.1, -0.05) is 6.42 Å². The molecule has 2 saturated heterocycles. The minimum Gasteiger partial charge on any atom is -0.395 e. The van der Waals surface area contributed by atoms with Crippen molar-refractivity contribution in [1.29, 1.82) is 0 Å². The highest BCUT2D eigenvalue weighted by Gasteiger charge is 2.31. The Hall–Kier alpha value is -0.120. The maximum atomic E-state index is 8.74. The molecule has 0 spiro atoms. The van der Waals surface area contributed by atoms with Gasteiger partial charge in [-0.3, -0.25) is 9.80 Å². The summed E-state index contributed by atoms with van der Waals surface area (Å²) in [4.78, 5) is 4.96. The Morgan fingerprint density at radius 1 is 1.08 bits per heavy atom. The van der Waals surface area contributed by atoms with Gasteiger partial charge in [-0.05, 0) is 25.9 Å². The fraction of sp³-hybridized carbons (Fsp3) is 1.00. The number of likely N-dealkylation sites (tertiary alicyclic amines) is 2. The van der Waals surface area contributed by atoms with Crippen LogP contribution in [0.5, 0.6) is 0 Å². The lowest BCUT2D eigenvalue weighted by molar-refractivity contribution is 0.0148. The van der Waals surface area contributed by atoms with Gasteiger partial charge in [0.05, 0.1) is 6.61 Å². The van der Waals surface area contributed by atoms with Crippen LogP contribution >= 0.6 is 0 Å². The van der Waals surface area contributed by atoms with E-state index in [0.29, 0.717) is 6.61 Å². The van der Waals surface area contributed by atoms with Crippen molar-refractivity contribution in [3.05, 3.63) is 0 Å². The second-order valence-corrected chi connectivity index (χ2v) is 4.23. The van der Waals surface area contributed by atoms with Crippen molar-refractivity contribution in [2.45, 2.75) is 25.3 Å². The lowest BCUT2D eigenvalue weighted by atomic mass is 10.0. The number of aliphatic hydroxyl groups is 1. The predicted octanol–water partition coefficient (Wildman–Crippen LogP) is 0.149. The summed E-state index contributed by atoms with van der Waals surface area (Å²) in [5.74, 6) is 0. The summed E-state index contributed by atoms with van der Waals surface area (Å²) in [6.45, 7) is 6.15. The van der Waals surface area contributed by atoms with Gasteiger partial charge in [-0.25, -0.2) is 0 Å². The van der Waals surface area contributed by atoms with Crippen molar-refractivity contribution in [1.82, 2.24) is 9.80 Å². The van der Waals surface area contributed by atoms with E-state index in [2.05, 4.69) is 9.80 Å². The third-order valence-corrected chi connectivity index (χ3v) is 3.26. The molecule has 1 N–H and O–H groups in total. The van der Waals surface area contributed by atoms with Gasteiger partial charge in [0.25, 0.3) is 0 Å². The van der Waals surface area contributed by atoms with Crippen molar-refractivity contribution in [2.75, 3.05) is 39.3 Å². The van der Waals surface area contributed by atoms with Crippen molar-refractivity contribution >= 4 is 0 Å². The first kappa shape index (κ1) is 9.44. The Labute approximate surface area is 80.3 Å². The zero-order chi connectivity index (χ0) is 9.10. The minimum absolute atomic E-state index is 0.312. The van der Waals surface area contributed by atoms with Crippen LogP contribution in [0.4, 0.5) is 0 Å². The van der Waals surface area contributed by atoms with Gasteiger partial charge in [0, 0.05) is 25.7 Å². The van der Waals surface area contributed by atoms with Gasteiger partial charge in [0.1, 0.15) is 0 Å². The molecule has 3 heteroatoms. The van der Waals surface area contributed by atoms with Crippen molar-refractivity contribution < 1.29 is 5.11 Å². The molecule has 0 aliphatic carbocycles. The topological polar surface area (TPSA) is 26.7 Å². The van der Waals surface area contributed by atoms with Crippen LogP contribution in [0.2, 0.25) is 0 Å². The van der Waals surface area contributed by atoms with E-state index in [1.807, 2.05) is 0 Å². The molecule has 0 aromatic heterocycles. The van der Waals surface area contributed by atoms with Gasteiger partial charge < -0.3 is 5.11 Å². The van der Waals surface area contributed by atoms with E-state index in [9.17, 15) is 0 Å². The Kier molecular flexibility index (Phi) is 3.19. The van der Waals surface area contributed by atoms with Crippen molar-refractivity contribution in [2.24, 2.45) is 0 Å². The van der Waals surface area contributed by atoms with Crippen LogP contribution < -0.4 is 0 Å². The van der Waals surface area contributed by atoms with Gasteiger partial charge in [-0.15, -0.1) is 0 Å². The summed E-state index contributed by atoms with van der Waals surface area (Å²) in [6, 6.07) is 0.798. The molecule has 0 radical (unpaired) electrons. The zero-order valence-corrected chi connectivity index (χ0v) is 8.28. The fourth-order valence-corrected chi connectivity index (χ4v) is 2.38. The highest BCUT2D eigenvalue weighted by Crippen LogP contribution is 2.19. The standard InChI is InChI=1S/C10H20N2O/c13-7-6-11-8-10(9-11)12-4-2-1-3-5-12/h10,13H,1-9H2. The summed E-state index contributed by atoms with van der Waals surface area (Å²) >= 11 is 0. The van der Waals surface area contributed by atoms with Crippen LogP contribution in [0.1, 0.15) is 19.3 Å². The molecule has 13 heavy (non-hydrogen) atoms. The molecule has 0 saturated carbocycles. The van der Waals surface area contributed by atoms with Crippen LogP contribution in [0.25, 0.3) is 0 Å². The molecule has 2 fully saturated rings. The number of hydrogen-bond donors (Lipinski definition) is 1. The van der Waals surface area contributed by atoms with Gasteiger partial charge in [0.2, 0.25) is 0 Å². The second kappa shape index (κ2) is 4.40. The average molecular weight is 184 g/mol. The first-order valence-corrected chi connectivity index (χ1v) is 5.47. The molecule has 76 valence electrons. The molecule has 0 aromatic rings. The molecule has 0 aromatic carbocycles. The predicted molar refractivity (Wildman–Crippen MR) is 52.7 cm³/mol. The van der Waals surface area contributed by atoms with Crippen molar-refractivity contribution in [3.63, 3.8) is 0 Å². The van der Waals surface area contributed by atoms with Crippen LogP contribution in [-0.4, -0.2) is 60.3 Å². The molecule has 2 heterocycles. The molecule has 0 unspecified atom stereocenters. The number of β-amino-alcohol motifs (C(OH)–C–C–N with tert-alkyl or cyclic N) is 1. The minimum atomic E-state index is 0.312. The normalized spacial score (nSPS) is 27.5. The highest BCUT2D eigenvalue weighted by atomic mass is 16.3. The molecule has 3 nitrogen and oxygen atoms in total. The molecular formula is C10H20N2O. The number of piperidine rings is 1. The first-order valence-electron chi connectivity index (χ1n) is 5.47. The van der Waals surface area contributed by atoms with Crippen molar-refractivity contribution in [3.8, 4) is 0 Å². The third kappa shape index (κ3) is 2.22. The van der Waals surface area contributed by atoms with Crippen LogP contribution in [0.3, 0.4) is 0 Å². The molecule has 0 atom stereocenters. The van der Waals surface area contributed by atoms with E-state index in [0.717, 1.165) is 12.6 Å². The zero-order valence-electron chi connectivity index (χ0n) is 8.28. The smallest absolute Gasteiger partial charge is 0.0558 e. The number of rotatable bonds is 3.